The number of imide groups is 1. The van der Waals surface area contributed by atoms with Gasteiger partial charge in [-0.2, -0.15) is 4.90 Å². The number of fused-ring (bicyclic) bond motifs is 6. The quantitative estimate of drug-likeness (QED) is 0.207. The van der Waals surface area contributed by atoms with Crippen LogP contribution in [0.2, 0.25) is 0 Å². The van der Waals surface area contributed by atoms with E-state index in [0.29, 0.717) is 11.3 Å². The number of carbonyl (C=O) groups is 3. The van der Waals surface area contributed by atoms with Gasteiger partial charge < -0.3 is 14.6 Å². The van der Waals surface area contributed by atoms with Gasteiger partial charge in [-0.05, 0) is 62.9 Å². The number of rotatable bonds is 9. The Balaban J connectivity index is 1.23. The first-order chi connectivity index (χ1) is 21.3. The zero-order valence-electron chi connectivity index (χ0n) is 24.1. The van der Waals surface area contributed by atoms with E-state index in [4.69, 9.17) is 9.47 Å². The van der Waals surface area contributed by atoms with E-state index < -0.39 is 35.0 Å². The summed E-state index contributed by atoms with van der Waals surface area (Å²) in [7, 11) is -1.35. The maximum Gasteiger partial charge on any atom is 0.420 e. The Bertz CT molecular complexity index is 1740. The predicted octanol–water partition coefficient (Wildman–Crippen LogP) is 6.37. The fourth-order valence-corrected chi connectivity index (χ4v) is 6.76. The van der Waals surface area contributed by atoms with Crippen LogP contribution in [0.5, 0.6) is 0 Å². The lowest BCUT2D eigenvalue weighted by Crippen LogP contribution is -2.50. The van der Waals surface area contributed by atoms with Crippen LogP contribution >= 0.6 is 0 Å². The van der Waals surface area contributed by atoms with Gasteiger partial charge in [0.1, 0.15) is 19.3 Å². The molecule has 0 spiro atoms. The highest BCUT2D eigenvalue weighted by molar-refractivity contribution is 7.84. The van der Waals surface area contributed by atoms with Gasteiger partial charge in [0.2, 0.25) is 0 Å². The van der Waals surface area contributed by atoms with E-state index in [-0.39, 0.29) is 31.3 Å². The Hall–Kier alpha value is -4.76. The van der Waals surface area contributed by atoms with E-state index in [1.807, 2.05) is 84.9 Å². The van der Waals surface area contributed by atoms with Crippen LogP contribution in [0.15, 0.2) is 91.0 Å². The highest BCUT2D eigenvalue weighted by Gasteiger charge is 2.39. The molecule has 2 atom stereocenters. The smallest absolute Gasteiger partial charge is 0.420 e. The van der Waals surface area contributed by atoms with Gasteiger partial charge in [-0.1, -0.05) is 91.0 Å². The number of ether oxygens (including phenoxy) is 2. The van der Waals surface area contributed by atoms with E-state index in [2.05, 4.69) is 6.07 Å². The number of hydrogen-bond acceptors (Lipinski definition) is 6. The van der Waals surface area contributed by atoms with Crippen LogP contribution in [0.3, 0.4) is 0 Å². The summed E-state index contributed by atoms with van der Waals surface area (Å²) in [6, 6.07) is 27.8. The molecule has 44 heavy (non-hydrogen) atoms. The summed E-state index contributed by atoms with van der Waals surface area (Å²) in [6.45, 7) is -0.262. The molecule has 2 amide bonds. The van der Waals surface area contributed by atoms with Crippen molar-refractivity contribution in [3.63, 3.8) is 0 Å². The van der Waals surface area contributed by atoms with E-state index in [1.165, 1.54) is 11.8 Å². The first-order valence-electron chi connectivity index (χ1n) is 14.4. The normalized spacial score (nSPS) is 14.0. The number of nitrogens with zero attached hydrogens (tertiary/aromatic N) is 1. The van der Waals surface area contributed by atoms with Gasteiger partial charge in [0, 0.05) is 28.7 Å². The molecule has 1 unspecified atom stereocenters. The Morgan fingerprint density at radius 2 is 1.41 bits per heavy atom. The molecule has 0 aromatic heterocycles. The number of amides is 2. The molecule has 0 bridgehead atoms. The van der Waals surface area contributed by atoms with Crippen molar-refractivity contribution in [1.82, 2.24) is 4.90 Å². The van der Waals surface area contributed by atoms with Crippen LogP contribution in [-0.2, 0) is 38.1 Å². The van der Waals surface area contributed by atoms with Gasteiger partial charge >= 0.3 is 18.2 Å². The molecule has 9 heteroatoms. The Morgan fingerprint density at radius 1 is 0.818 bits per heavy atom. The lowest BCUT2D eigenvalue weighted by molar-refractivity contribution is -0.142. The molecule has 8 nitrogen and oxygen atoms in total. The van der Waals surface area contributed by atoms with E-state index in [9.17, 15) is 23.7 Å². The molecular weight excluding hydrogens is 578 g/mol. The average Bonchev–Trinajstić information content (AvgIpc) is 3.56. The van der Waals surface area contributed by atoms with Gasteiger partial charge in [0.05, 0.1) is 0 Å². The zero-order chi connectivity index (χ0) is 30.8. The van der Waals surface area contributed by atoms with Crippen molar-refractivity contribution in [1.29, 1.82) is 0 Å². The minimum absolute atomic E-state index is 0.0259. The largest absolute Gasteiger partial charge is 0.480 e. The molecule has 1 N–H and O–H groups in total. The number of benzene rings is 4. The van der Waals surface area contributed by atoms with Crippen LogP contribution in [-0.4, -0.2) is 57.0 Å². The molecule has 6 rings (SSSR count). The molecule has 0 saturated heterocycles. The second-order valence-electron chi connectivity index (χ2n) is 10.9. The van der Waals surface area contributed by atoms with Gasteiger partial charge in [-0.15, -0.1) is 0 Å². The fourth-order valence-electron chi connectivity index (χ4n) is 6.20. The summed E-state index contributed by atoms with van der Waals surface area (Å²) in [5.41, 5.74) is 9.15. The molecule has 2 aliphatic rings. The van der Waals surface area contributed by atoms with Crippen molar-refractivity contribution in [2.24, 2.45) is 0 Å². The van der Waals surface area contributed by atoms with Crippen molar-refractivity contribution in [3.8, 4) is 22.3 Å². The van der Waals surface area contributed by atoms with Crippen molar-refractivity contribution in [2.75, 3.05) is 18.6 Å². The van der Waals surface area contributed by atoms with Crippen LogP contribution in [0.4, 0.5) is 9.59 Å². The molecule has 0 heterocycles. The van der Waals surface area contributed by atoms with Gasteiger partial charge in [0.25, 0.3) is 0 Å². The second kappa shape index (κ2) is 12.5. The number of aliphatic carboxylic acids is 1. The monoisotopic (exact) mass is 609 g/mol. The lowest BCUT2D eigenvalue weighted by Gasteiger charge is -2.26. The van der Waals surface area contributed by atoms with Gasteiger partial charge in [0.15, 0.2) is 0 Å². The van der Waals surface area contributed by atoms with Crippen molar-refractivity contribution in [3.05, 3.63) is 119 Å². The maximum absolute atomic E-state index is 13.6. The molecule has 0 fully saturated rings. The third-order valence-electron chi connectivity index (χ3n) is 8.30. The molecule has 0 aliphatic heterocycles. The summed E-state index contributed by atoms with van der Waals surface area (Å²) in [5, 5.41) is 10.1. The van der Waals surface area contributed by atoms with Crippen LogP contribution < -0.4 is 0 Å². The Labute approximate surface area is 257 Å². The van der Waals surface area contributed by atoms with E-state index >= 15 is 0 Å². The third-order valence-corrected chi connectivity index (χ3v) is 9.11. The number of carbonyl (C=O) groups excluding carboxylic acids is 2. The maximum atomic E-state index is 13.6. The highest BCUT2D eigenvalue weighted by atomic mass is 32.2. The summed E-state index contributed by atoms with van der Waals surface area (Å²) >= 11 is 0. The number of carboxylic acids is 1. The molecule has 0 saturated carbocycles. The lowest BCUT2D eigenvalue weighted by atomic mass is 9.98. The summed E-state index contributed by atoms with van der Waals surface area (Å²) in [5.74, 6) is -1.73. The molecule has 0 radical (unpaired) electrons. The second-order valence-corrected chi connectivity index (χ2v) is 12.5. The minimum Gasteiger partial charge on any atom is -0.480 e. The molecular formula is C35H31NO7S. The standard InChI is InChI=1S/C35H31NO7S/c1-44(41)18-17-32(33(37)38)36(34(39)42-20-23-10-8-16-25-24-11-3-2-9-22(24)19-30(23)25)35(40)43-21-31-28-14-6-4-12-26(28)27-13-5-7-15-29(27)31/h2-16,31-32H,17-21H2,1H3,(H,37,38)/t32-,44?/m0/s1. The zero-order valence-corrected chi connectivity index (χ0v) is 24.9. The predicted molar refractivity (Wildman–Crippen MR) is 167 cm³/mol. The van der Waals surface area contributed by atoms with Crippen LogP contribution in [0.1, 0.15) is 40.2 Å². The Morgan fingerprint density at radius 3 is 2.07 bits per heavy atom. The van der Waals surface area contributed by atoms with Crippen molar-refractivity contribution < 1.29 is 33.2 Å². The van der Waals surface area contributed by atoms with Gasteiger partial charge in [-0.3, -0.25) is 4.21 Å². The third kappa shape index (κ3) is 5.63. The van der Waals surface area contributed by atoms with Crippen molar-refractivity contribution >= 4 is 29.0 Å². The SMILES string of the molecule is CS(=O)CC[C@@H](C(=O)O)N(C(=O)OCc1cccc2c1Cc1ccccc1-2)C(=O)OCC1c2ccccc2-c2ccccc21. The van der Waals surface area contributed by atoms with Gasteiger partial charge in [-0.25, -0.2) is 14.4 Å². The first kappa shape index (κ1) is 29.3. The Kier molecular flexibility index (Phi) is 8.30. The topological polar surface area (TPSA) is 110 Å². The summed E-state index contributed by atoms with van der Waals surface area (Å²) in [6.07, 6.45) is -0.368. The minimum atomic E-state index is -1.62. The van der Waals surface area contributed by atoms with Crippen LogP contribution in [0.25, 0.3) is 22.3 Å². The number of hydrogen-bond donors (Lipinski definition) is 1. The average molecular weight is 610 g/mol. The summed E-state index contributed by atoms with van der Waals surface area (Å²) < 4.78 is 23.1. The van der Waals surface area contributed by atoms with E-state index in [0.717, 1.165) is 44.5 Å². The summed E-state index contributed by atoms with van der Waals surface area (Å²) in [4.78, 5) is 40.0. The first-order valence-corrected chi connectivity index (χ1v) is 16.1. The molecule has 4 aromatic rings. The van der Waals surface area contributed by atoms with E-state index in [1.54, 1.807) is 0 Å². The molecule has 4 aromatic carbocycles. The number of carboxylic acid groups (broad SMARTS) is 1. The van der Waals surface area contributed by atoms with Crippen molar-refractivity contribution in [2.45, 2.75) is 31.4 Å². The molecule has 224 valence electrons. The fraction of sp³-hybridized carbons (Fsp3) is 0.229. The highest BCUT2D eigenvalue weighted by Crippen LogP contribution is 2.44. The molecule has 2 aliphatic carbocycles. The van der Waals surface area contributed by atoms with Crippen LogP contribution in [0, 0.1) is 0 Å².